The molecule has 7 heteroatoms. The van der Waals surface area contributed by atoms with Gasteiger partial charge in [0.25, 0.3) is 0 Å². The second-order valence-electron chi connectivity index (χ2n) is 5.18. The number of hydrogen-bond donors (Lipinski definition) is 1. The maximum Gasteiger partial charge on any atom is 0.244 e. The van der Waals surface area contributed by atoms with E-state index in [1.165, 1.54) is 20.2 Å². The first-order valence-corrected chi connectivity index (χ1v) is 7.96. The summed E-state index contributed by atoms with van der Waals surface area (Å²) in [5.41, 5.74) is 9.79. The number of nitrogens with zero attached hydrogens (tertiary/aromatic N) is 3. The van der Waals surface area contributed by atoms with Crippen LogP contribution in [0.4, 0.5) is 5.69 Å². The van der Waals surface area contributed by atoms with Crippen LogP contribution in [0.25, 0.3) is 5.69 Å². The van der Waals surface area contributed by atoms with Crippen molar-refractivity contribution in [1.29, 1.82) is 0 Å². The van der Waals surface area contributed by atoms with Crippen molar-refractivity contribution >= 4 is 15.7 Å². The molecular weight excluding hydrogens is 288 g/mol. The Labute approximate surface area is 125 Å². The van der Waals surface area contributed by atoms with Gasteiger partial charge in [-0.25, -0.2) is 17.4 Å². The lowest BCUT2D eigenvalue weighted by atomic mass is 10.2. The Bertz CT molecular complexity index is 792. The second kappa shape index (κ2) is 5.16. The minimum absolute atomic E-state index is 0.0928. The number of aromatic nitrogens is 2. The van der Waals surface area contributed by atoms with Gasteiger partial charge in [0.05, 0.1) is 17.1 Å². The van der Waals surface area contributed by atoms with E-state index < -0.39 is 10.0 Å². The molecule has 0 aliphatic heterocycles. The fraction of sp³-hybridized carbons (Fsp3) is 0.357. The molecule has 0 fully saturated rings. The van der Waals surface area contributed by atoms with Gasteiger partial charge in [-0.2, -0.15) is 5.10 Å². The highest BCUT2D eigenvalue weighted by Crippen LogP contribution is 2.28. The molecule has 0 saturated carbocycles. The average molecular weight is 308 g/mol. The van der Waals surface area contributed by atoms with Crippen LogP contribution in [0.3, 0.4) is 0 Å². The molecule has 0 bridgehead atoms. The molecule has 6 nitrogen and oxygen atoms in total. The van der Waals surface area contributed by atoms with Crippen LogP contribution in [-0.2, 0) is 10.0 Å². The summed E-state index contributed by atoms with van der Waals surface area (Å²) in [6.07, 6.45) is 0. The van der Waals surface area contributed by atoms with Crippen LogP contribution in [0, 0.1) is 20.8 Å². The van der Waals surface area contributed by atoms with Gasteiger partial charge in [-0.05, 0) is 38.5 Å². The highest BCUT2D eigenvalue weighted by molar-refractivity contribution is 7.89. The van der Waals surface area contributed by atoms with Gasteiger partial charge in [0.15, 0.2) is 0 Å². The summed E-state index contributed by atoms with van der Waals surface area (Å²) in [6.45, 7) is 5.82. The van der Waals surface area contributed by atoms with E-state index >= 15 is 0 Å². The quantitative estimate of drug-likeness (QED) is 0.874. The third kappa shape index (κ3) is 2.43. The Kier molecular flexibility index (Phi) is 3.81. The Morgan fingerprint density at radius 3 is 2.29 bits per heavy atom. The lowest BCUT2D eigenvalue weighted by Gasteiger charge is -2.16. The van der Waals surface area contributed by atoms with E-state index in [1.807, 2.05) is 20.8 Å². The van der Waals surface area contributed by atoms with Crippen LogP contribution in [0.15, 0.2) is 23.1 Å². The summed E-state index contributed by atoms with van der Waals surface area (Å²) in [6, 6.07) is 4.95. The number of nitrogen functional groups attached to an aromatic ring is 1. The standard InChI is InChI=1S/C14H20N4O2S/c1-9-10(2)16-18(11(9)3)12-7-6-8-13(14(12)15)21(19,20)17(4)5/h6-8H,15H2,1-5H3. The number of nitrogens with two attached hydrogens (primary N) is 1. The van der Waals surface area contributed by atoms with E-state index in [4.69, 9.17) is 5.73 Å². The molecule has 2 aromatic rings. The summed E-state index contributed by atoms with van der Waals surface area (Å²) in [4.78, 5) is 0.0928. The zero-order chi connectivity index (χ0) is 15.9. The lowest BCUT2D eigenvalue weighted by Crippen LogP contribution is -2.23. The minimum atomic E-state index is -3.59. The highest BCUT2D eigenvalue weighted by Gasteiger charge is 2.23. The van der Waals surface area contributed by atoms with Gasteiger partial charge in [-0.3, -0.25) is 0 Å². The summed E-state index contributed by atoms with van der Waals surface area (Å²) in [5, 5.41) is 4.44. The van der Waals surface area contributed by atoms with Crippen LogP contribution in [0.5, 0.6) is 0 Å². The zero-order valence-corrected chi connectivity index (χ0v) is 13.7. The number of anilines is 1. The third-order valence-corrected chi connectivity index (χ3v) is 5.56. The zero-order valence-electron chi connectivity index (χ0n) is 12.9. The van der Waals surface area contributed by atoms with Crippen molar-refractivity contribution in [3.63, 3.8) is 0 Å². The molecule has 0 spiro atoms. The molecule has 1 aromatic carbocycles. The van der Waals surface area contributed by atoms with E-state index in [0.717, 1.165) is 21.3 Å². The molecule has 0 saturated heterocycles. The van der Waals surface area contributed by atoms with Crippen molar-refractivity contribution in [3.8, 4) is 5.69 Å². The molecule has 0 amide bonds. The number of sulfonamides is 1. The summed E-state index contributed by atoms with van der Waals surface area (Å²) < 4.78 is 27.5. The molecular formula is C14H20N4O2S. The molecule has 0 atom stereocenters. The smallest absolute Gasteiger partial charge is 0.244 e. The van der Waals surface area contributed by atoms with Gasteiger partial charge >= 0.3 is 0 Å². The van der Waals surface area contributed by atoms with Gasteiger partial charge in [0.2, 0.25) is 10.0 Å². The van der Waals surface area contributed by atoms with Crippen molar-refractivity contribution in [2.45, 2.75) is 25.7 Å². The molecule has 0 unspecified atom stereocenters. The lowest BCUT2D eigenvalue weighted by molar-refractivity contribution is 0.521. The third-order valence-electron chi connectivity index (χ3n) is 3.68. The molecule has 0 aliphatic carbocycles. The highest BCUT2D eigenvalue weighted by atomic mass is 32.2. The molecule has 21 heavy (non-hydrogen) atoms. The maximum absolute atomic E-state index is 12.3. The van der Waals surface area contributed by atoms with E-state index in [2.05, 4.69) is 5.10 Å². The first-order valence-electron chi connectivity index (χ1n) is 6.52. The fourth-order valence-corrected chi connectivity index (χ4v) is 3.12. The van der Waals surface area contributed by atoms with Crippen molar-refractivity contribution in [2.75, 3.05) is 19.8 Å². The van der Waals surface area contributed by atoms with Crippen LogP contribution in [0.2, 0.25) is 0 Å². The monoisotopic (exact) mass is 308 g/mol. The SMILES string of the molecule is Cc1nn(-c2cccc(S(=O)(=O)N(C)C)c2N)c(C)c1C. The Balaban J connectivity index is 2.71. The van der Waals surface area contributed by atoms with E-state index in [-0.39, 0.29) is 10.6 Å². The summed E-state index contributed by atoms with van der Waals surface area (Å²) in [5.74, 6) is 0. The van der Waals surface area contributed by atoms with Gasteiger partial charge < -0.3 is 5.73 Å². The largest absolute Gasteiger partial charge is 0.396 e. The van der Waals surface area contributed by atoms with Gasteiger partial charge in [0, 0.05) is 19.8 Å². The van der Waals surface area contributed by atoms with Gasteiger partial charge in [-0.1, -0.05) is 6.07 Å². The van der Waals surface area contributed by atoms with Crippen LogP contribution < -0.4 is 5.73 Å². The molecule has 1 heterocycles. The molecule has 1 aromatic heterocycles. The summed E-state index contributed by atoms with van der Waals surface area (Å²) in [7, 11) is -0.625. The minimum Gasteiger partial charge on any atom is -0.396 e. The normalized spacial score (nSPS) is 12.1. The maximum atomic E-state index is 12.3. The molecule has 0 radical (unpaired) electrons. The van der Waals surface area contributed by atoms with Crippen LogP contribution in [-0.4, -0.2) is 36.6 Å². The van der Waals surface area contributed by atoms with Crippen molar-refractivity contribution in [2.24, 2.45) is 0 Å². The predicted octanol–water partition coefficient (Wildman–Crippen LogP) is 1.63. The van der Waals surface area contributed by atoms with Gasteiger partial charge in [-0.15, -0.1) is 0 Å². The van der Waals surface area contributed by atoms with E-state index in [0.29, 0.717) is 5.69 Å². The van der Waals surface area contributed by atoms with Crippen molar-refractivity contribution < 1.29 is 8.42 Å². The Morgan fingerprint density at radius 1 is 1.19 bits per heavy atom. The topological polar surface area (TPSA) is 81.2 Å². The number of benzene rings is 1. The first-order chi connectivity index (χ1) is 9.67. The fourth-order valence-electron chi connectivity index (χ4n) is 2.09. The number of rotatable bonds is 3. The number of aryl methyl sites for hydroxylation is 1. The van der Waals surface area contributed by atoms with E-state index in [1.54, 1.807) is 16.8 Å². The van der Waals surface area contributed by atoms with E-state index in [9.17, 15) is 8.42 Å². The average Bonchev–Trinajstić information content (AvgIpc) is 2.66. The number of para-hydroxylation sites is 1. The molecule has 2 N–H and O–H groups in total. The summed E-state index contributed by atoms with van der Waals surface area (Å²) >= 11 is 0. The molecule has 2 rings (SSSR count). The molecule has 0 aliphatic rings. The van der Waals surface area contributed by atoms with Crippen molar-refractivity contribution in [1.82, 2.24) is 14.1 Å². The second-order valence-corrected chi connectivity index (χ2v) is 7.30. The molecule has 114 valence electrons. The van der Waals surface area contributed by atoms with Gasteiger partial charge in [0.1, 0.15) is 4.90 Å². The Hall–Kier alpha value is -1.86. The first kappa shape index (κ1) is 15.5. The van der Waals surface area contributed by atoms with Crippen LogP contribution >= 0.6 is 0 Å². The Morgan fingerprint density at radius 2 is 1.81 bits per heavy atom. The number of hydrogen-bond acceptors (Lipinski definition) is 4. The van der Waals surface area contributed by atoms with Crippen molar-refractivity contribution in [3.05, 3.63) is 35.2 Å². The predicted molar refractivity (Wildman–Crippen MR) is 83.1 cm³/mol. The van der Waals surface area contributed by atoms with Crippen LogP contribution in [0.1, 0.15) is 17.0 Å².